The summed E-state index contributed by atoms with van der Waals surface area (Å²) in [6, 6.07) is 4.59. The highest BCUT2D eigenvalue weighted by Gasteiger charge is 2.42. The van der Waals surface area contributed by atoms with E-state index in [-0.39, 0.29) is 32.5 Å². The van der Waals surface area contributed by atoms with Crippen LogP contribution in [0.5, 0.6) is 0 Å². The lowest BCUT2D eigenvalue weighted by Crippen LogP contribution is -2.58. The minimum Gasteiger partial charge on any atom is -0.480 e. The Balaban J connectivity index is 2.01. The summed E-state index contributed by atoms with van der Waals surface area (Å²) in [5.41, 5.74) is -1.52. The summed E-state index contributed by atoms with van der Waals surface area (Å²) in [6.45, 7) is 2.11. The van der Waals surface area contributed by atoms with E-state index in [0.717, 1.165) is 12.1 Å². The molecule has 8 heteroatoms. The van der Waals surface area contributed by atoms with Gasteiger partial charge in [0, 0.05) is 32.0 Å². The number of rotatable bonds is 5. The van der Waals surface area contributed by atoms with E-state index in [4.69, 9.17) is 4.74 Å². The van der Waals surface area contributed by atoms with Gasteiger partial charge in [0.25, 0.3) is 0 Å². The molecule has 0 saturated carbocycles. The molecule has 5 nitrogen and oxygen atoms in total. The Hall–Kier alpha value is -2.09. The highest BCUT2D eigenvalue weighted by atomic mass is 19.4. The molecule has 1 heterocycles. The van der Waals surface area contributed by atoms with Gasteiger partial charge in [-0.25, -0.2) is 4.79 Å². The van der Waals surface area contributed by atoms with Crippen LogP contribution in [0.25, 0.3) is 0 Å². The maximum Gasteiger partial charge on any atom is 0.416 e. The van der Waals surface area contributed by atoms with Crippen LogP contribution in [-0.2, 0) is 26.9 Å². The van der Waals surface area contributed by atoms with Gasteiger partial charge in [0.1, 0.15) is 5.54 Å². The van der Waals surface area contributed by atoms with Gasteiger partial charge in [-0.05, 0) is 24.1 Å². The van der Waals surface area contributed by atoms with E-state index in [1.165, 1.54) is 12.1 Å². The maximum absolute atomic E-state index is 12.6. The van der Waals surface area contributed by atoms with Crippen molar-refractivity contribution in [2.45, 2.75) is 37.9 Å². The molecule has 1 aromatic carbocycles. The Morgan fingerprint density at radius 2 is 1.80 bits per heavy atom. The molecule has 1 aliphatic rings. The zero-order valence-corrected chi connectivity index (χ0v) is 13.7. The average molecular weight is 359 g/mol. The molecule has 0 aliphatic carbocycles. The summed E-state index contributed by atoms with van der Waals surface area (Å²) in [5.74, 6) is -2.12. The number of alkyl halides is 3. The largest absolute Gasteiger partial charge is 0.480 e. The van der Waals surface area contributed by atoms with E-state index in [1.807, 2.05) is 0 Å². The van der Waals surface area contributed by atoms with Gasteiger partial charge in [-0.15, -0.1) is 0 Å². The molecular weight excluding hydrogens is 339 g/mol. The molecule has 1 saturated heterocycles. The third-order valence-corrected chi connectivity index (χ3v) is 4.39. The highest BCUT2D eigenvalue weighted by Crippen LogP contribution is 2.29. The molecule has 0 bridgehead atoms. The number of ether oxygens (including phenoxy) is 1. The van der Waals surface area contributed by atoms with Gasteiger partial charge in [0.05, 0.1) is 5.56 Å². The first-order valence-electron chi connectivity index (χ1n) is 7.93. The van der Waals surface area contributed by atoms with Crippen molar-refractivity contribution in [3.05, 3.63) is 35.4 Å². The second-order valence-corrected chi connectivity index (χ2v) is 6.29. The molecule has 1 amide bonds. The number of carboxylic acid groups (broad SMARTS) is 1. The summed E-state index contributed by atoms with van der Waals surface area (Å²) < 4.78 is 42.8. The topological polar surface area (TPSA) is 75.6 Å². The molecule has 25 heavy (non-hydrogen) atoms. The van der Waals surface area contributed by atoms with Gasteiger partial charge in [-0.1, -0.05) is 19.1 Å². The van der Waals surface area contributed by atoms with E-state index in [9.17, 15) is 27.9 Å². The molecule has 2 rings (SSSR count). The second kappa shape index (κ2) is 7.43. The van der Waals surface area contributed by atoms with E-state index in [0.29, 0.717) is 5.56 Å². The van der Waals surface area contributed by atoms with Crippen molar-refractivity contribution in [1.29, 1.82) is 0 Å². The predicted octanol–water partition coefficient (Wildman–Crippen LogP) is 2.63. The number of hydrogen-bond acceptors (Lipinski definition) is 3. The molecule has 0 aromatic heterocycles. The summed E-state index contributed by atoms with van der Waals surface area (Å²) in [7, 11) is 0. The first kappa shape index (κ1) is 19.2. The minimum absolute atomic E-state index is 0.182. The smallest absolute Gasteiger partial charge is 0.416 e. The molecule has 138 valence electrons. The van der Waals surface area contributed by atoms with E-state index in [1.54, 1.807) is 6.92 Å². The molecule has 0 spiro atoms. The van der Waals surface area contributed by atoms with Gasteiger partial charge < -0.3 is 15.2 Å². The normalized spacial score (nSPS) is 18.4. The molecular formula is C17H20F3NO4. The monoisotopic (exact) mass is 359 g/mol. The minimum atomic E-state index is -4.40. The zero-order chi connectivity index (χ0) is 18.7. The average Bonchev–Trinajstić information content (AvgIpc) is 2.55. The maximum atomic E-state index is 12.6. The summed E-state index contributed by atoms with van der Waals surface area (Å²) >= 11 is 0. The Bertz CT molecular complexity index is 622. The third kappa shape index (κ3) is 4.72. The quantitative estimate of drug-likeness (QED) is 0.848. The zero-order valence-electron chi connectivity index (χ0n) is 13.7. The van der Waals surface area contributed by atoms with Crippen LogP contribution in [0.15, 0.2) is 24.3 Å². The van der Waals surface area contributed by atoms with Gasteiger partial charge >= 0.3 is 12.1 Å². The first-order chi connectivity index (χ1) is 11.6. The standard InChI is InChI=1S/C17H20F3NO4/c1-11(10-12-2-4-13(5-3-12)17(18,19)20)14(22)21-16(15(23)24)6-8-25-9-7-16/h2-5,11H,6-10H2,1H3,(H,21,22)(H,23,24). The van der Waals surface area contributed by atoms with Crippen molar-refractivity contribution in [2.24, 2.45) is 5.92 Å². The van der Waals surface area contributed by atoms with Crippen molar-refractivity contribution in [3.63, 3.8) is 0 Å². The number of carbonyl (C=O) groups is 2. The highest BCUT2D eigenvalue weighted by molar-refractivity contribution is 5.88. The molecule has 1 aromatic rings. The molecule has 1 fully saturated rings. The molecule has 2 N–H and O–H groups in total. The third-order valence-electron chi connectivity index (χ3n) is 4.39. The Morgan fingerprint density at radius 1 is 1.24 bits per heavy atom. The van der Waals surface area contributed by atoms with Crippen LogP contribution in [0.2, 0.25) is 0 Å². The van der Waals surface area contributed by atoms with Crippen LogP contribution < -0.4 is 5.32 Å². The fourth-order valence-corrected chi connectivity index (χ4v) is 2.75. The van der Waals surface area contributed by atoms with Crippen molar-refractivity contribution >= 4 is 11.9 Å². The number of carbonyl (C=O) groups excluding carboxylic acids is 1. The number of nitrogens with one attached hydrogen (secondary N) is 1. The van der Waals surface area contributed by atoms with Crippen LogP contribution in [0.3, 0.4) is 0 Å². The van der Waals surface area contributed by atoms with Crippen LogP contribution in [0, 0.1) is 5.92 Å². The van der Waals surface area contributed by atoms with Crippen LogP contribution >= 0.6 is 0 Å². The van der Waals surface area contributed by atoms with Crippen LogP contribution in [0.4, 0.5) is 13.2 Å². The Kier molecular flexibility index (Phi) is 5.72. The van der Waals surface area contributed by atoms with Gasteiger partial charge in [-0.2, -0.15) is 13.2 Å². The van der Waals surface area contributed by atoms with Crippen LogP contribution in [-0.4, -0.2) is 35.7 Å². The Morgan fingerprint density at radius 3 is 2.28 bits per heavy atom. The van der Waals surface area contributed by atoms with E-state index in [2.05, 4.69) is 5.32 Å². The first-order valence-corrected chi connectivity index (χ1v) is 7.93. The molecule has 0 radical (unpaired) electrons. The van der Waals surface area contributed by atoms with Gasteiger partial charge in [0.2, 0.25) is 5.91 Å². The Labute approximate surface area is 143 Å². The molecule has 1 aliphatic heterocycles. The molecule has 1 atom stereocenters. The van der Waals surface area contributed by atoms with Crippen molar-refractivity contribution in [1.82, 2.24) is 5.32 Å². The predicted molar refractivity (Wildman–Crippen MR) is 82.9 cm³/mol. The number of amides is 1. The van der Waals surface area contributed by atoms with Crippen molar-refractivity contribution < 1.29 is 32.6 Å². The lowest BCUT2D eigenvalue weighted by atomic mass is 9.88. The van der Waals surface area contributed by atoms with Crippen LogP contribution in [0.1, 0.15) is 30.9 Å². The number of aliphatic carboxylic acids is 1. The summed E-state index contributed by atoms with van der Waals surface area (Å²) in [4.78, 5) is 23.9. The fourth-order valence-electron chi connectivity index (χ4n) is 2.75. The lowest BCUT2D eigenvalue weighted by molar-refractivity contribution is -0.152. The second-order valence-electron chi connectivity index (χ2n) is 6.29. The van der Waals surface area contributed by atoms with Crippen molar-refractivity contribution in [2.75, 3.05) is 13.2 Å². The number of benzene rings is 1. The van der Waals surface area contributed by atoms with Gasteiger partial charge in [0.15, 0.2) is 0 Å². The number of hydrogen-bond donors (Lipinski definition) is 2. The van der Waals surface area contributed by atoms with E-state index >= 15 is 0 Å². The number of halogens is 3. The number of carboxylic acids is 1. The fraction of sp³-hybridized carbons (Fsp3) is 0.529. The molecule has 1 unspecified atom stereocenters. The van der Waals surface area contributed by atoms with Crippen molar-refractivity contribution in [3.8, 4) is 0 Å². The summed E-state index contributed by atoms with van der Waals surface area (Å²) in [6.07, 6.45) is -3.82. The SMILES string of the molecule is CC(Cc1ccc(C(F)(F)F)cc1)C(=O)NC1(C(=O)O)CCOCC1. The van der Waals surface area contributed by atoms with Gasteiger partial charge in [-0.3, -0.25) is 4.79 Å². The summed E-state index contributed by atoms with van der Waals surface area (Å²) in [5, 5.41) is 12.0. The van der Waals surface area contributed by atoms with E-state index < -0.39 is 35.1 Å². The lowest BCUT2D eigenvalue weighted by Gasteiger charge is -2.34.